The second-order valence-electron chi connectivity index (χ2n) is 9.82. The number of thioether (sulfide) groups is 1. The third kappa shape index (κ3) is 5.04. The van der Waals surface area contributed by atoms with E-state index >= 15 is 0 Å². The SMILES string of the molecule is COc1ccc([C@H]2c3sc(=O)n(CC(=O)Nc4ccc(O)cc4)c3SC3C(=O)N(c4ccc([N+](=O)[O-])cc4)C(=O)C32)cc1. The molecule has 43 heavy (non-hydrogen) atoms. The minimum Gasteiger partial charge on any atom is -0.508 e. The van der Waals surface area contributed by atoms with Gasteiger partial charge in [0.15, 0.2) is 0 Å². The fourth-order valence-electron chi connectivity index (χ4n) is 5.29. The topological polar surface area (TPSA) is 161 Å². The molecule has 0 aliphatic carbocycles. The van der Waals surface area contributed by atoms with Crippen molar-refractivity contribution in [3.8, 4) is 11.5 Å². The van der Waals surface area contributed by atoms with E-state index in [0.717, 1.165) is 28.0 Å². The molecule has 2 aliphatic rings. The molecule has 0 spiro atoms. The van der Waals surface area contributed by atoms with Crippen molar-refractivity contribution < 1.29 is 29.2 Å². The molecule has 4 aromatic rings. The molecule has 3 amide bonds. The van der Waals surface area contributed by atoms with Crippen molar-refractivity contribution in [1.82, 2.24) is 4.57 Å². The van der Waals surface area contributed by atoms with Crippen molar-refractivity contribution in [1.29, 1.82) is 0 Å². The fourth-order valence-corrected chi connectivity index (χ4v) is 8.07. The number of amides is 3. The highest BCUT2D eigenvalue weighted by atomic mass is 32.2. The van der Waals surface area contributed by atoms with E-state index in [0.29, 0.717) is 26.9 Å². The molecule has 1 aromatic heterocycles. The molecule has 2 N–H and O–H groups in total. The number of ether oxygens (including phenoxy) is 1. The number of nitro benzene ring substituents is 1. The van der Waals surface area contributed by atoms with Crippen LogP contribution < -0.4 is 19.8 Å². The lowest BCUT2D eigenvalue weighted by Gasteiger charge is -2.30. The molecule has 218 valence electrons. The molecule has 0 radical (unpaired) electrons. The molecular weight excluding hydrogens is 596 g/mol. The molecule has 1 saturated heterocycles. The number of nitrogens with one attached hydrogen (secondary N) is 1. The number of fused-ring (bicyclic) bond motifs is 2. The minimum absolute atomic E-state index is 0.0372. The van der Waals surface area contributed by atoms with Crippen molar-refractivity contribution in [2.45, 2.75) is 22.7 Å². The number of non-ortho nitro benzene ring substituents is 1. The number of benzene rings is 3. The van der Waals surface area contributed by atoms with E-state index in [1.807, 2.05) is 0 Å². The van der Waals surface area contributed by atoms with Crippen LogP contribution in [0.3, 0.4) is 0 Å². The van der Waals surface area contributed by atoms with Crippen molar-refractivity contribution in [2.24, 2.45) is 5.92 Å². The average molecular weight is 619 g/mol. The van der Waals surface area contributed by atoms with Gasteiger partial charge in [-0.25, -0.2) is 4.90 Å². The van der Waals surface area contributed by atoms with Gasteiger partial charge >= 0.3 is 4.87 Å². The number of imide groups is 1. The zero-order valence-electron chi connectivity index (χ0n) is 22.3. The maximum absolute atomic E-state index is 14.0. The van der Waals surface area contributed by atoms with Crippen LogP contribution in [0.25, 0.3) is 0 Å². The van der Waals surface area contributed by atoms with Gasteiger partial charge in [-0.05, 0) is 54.1 Å². The summed E-state index contributed by atoms with van der Waals surface area (Å²) < 4.78 is 6.59. The quantitative estimate of drug-likeness (QED) is 0.135. The number of phenols is 1. The van der Waals surface area contributed by atoms with Crippen LogP contribution in [0.5, 0.6) is 11.5 Å². The lowest BCUT2D eigenvalue weighted by atomic mass is 9.83. The Kier molecular flexibility index (Phi) is 7.23. The van der Waals surface area contributed by atoms with E-state index < -0.39 is 44.6 Å². The Labute approximate surface area is 251 Å². The normalized spacial score (nSPS) is 19.1. The molecule has 2 aliphatic heterocycles. The molecule has 3 heterocycles. The van der Waals surface area contributed by atoms with E-state index in [-0.39, 0.29) is 23.7 Å². The zero-order chi connectivity index (χ0) is 30.4. The molecule has 12 nitrogen and oxygen atoms in total. The van der Waals surface area contributed by atoms with Crippen molar-refractivity contribution in [2.75, 3.05) is 17.3 Å². The molecular formula is C29H22N4O8S2. The van der Waals surface area contributed by atoms with Gasteiger partial charge in [-0.15, -0.1) is 0 Å². The van der Waals surface area contributed by atoms with Crippen LogP contribution in [0.4, 0.5) is 17.1 Å². The van der Waals surface area contributed by atoms with Crippen molar-refractivity contribution in [3.63, 3.8) is 0 Å². The lowest BCUT2D eigenvalue weighted by Crippen LogP contribution is -2.33. The van der Waals surface area contributed by atoms with Gasteiger partial charge in [0.1, 0.15) is 23.3 Å². The van der Waals surface area contributed by atoms with E-state index in [1.165, 1.54) is 60.2 Å². The second-order valence-corrected chi connectivity index (χ2v) is 11.9. The summed E-state index contributed by atoms with van der Waals surface area (Å²) >= 11 is 1.98. The Morgan fingerprint density at radius 1 is 1.00 bits per heavy atom. The lowest BCUT2D eigenvalue weighted by molar-refractivity contribution is -0.384. The highest BCUT2D eigenvalue weighted by Gasteiger charge is 2.56. The first kappa shape index (κ1) is 28.2. The van der Waals surface area contributed by atoms with E-state index in [9.17, 15) is 34.4 Å². The molecule has 2 unspecified atom stereocenters. The van der Waals surface area contributed by atoms with Gasteiger partial charge in [0.2, 0.25) is 17.7 Å². The number of aromatic nitrogens is 1. The number of anilines is 2. The number of carbonyl (C=O) groups excluding carboxylic acids is 3. The van der Waals surface area contributed by atoms with Gasteiger partial charge in [0, 0.05) is 28.6 Å². The summed E-state index contributed by atoms with van der Waals surface area (Å²) in [6.45, 7) is -0.334. The third-order valence-electron chi connectivity index (χ3n) is 7.30. The van der Waals surface area contributed by atoms with E-state index in [4.69, 9.17) is 4.74 Å². The van der Waals surface area contributed by atoms with Gasteiger partial charge in [0.05, 0.1) is 28.7 Å². The second kappa shape index (κ2) is 11.0. The number of methoxy groups -OCH3 is 1. The minimum atomic E-state index is -0.914. The third-order valence-corrected chi connectivity index (χ3v) is 9.90. The van der Waals surface area contributed by atoms with Gasteiger partial charge in [-0.3, -0.25) is 33.9 Å². The average Bonchev–Trinajstić information content (AvgIpc) is 3.44. The summed E-state index contributed by atoms with van der Waals surface area (Å²) in [7, 11) is 1.52. The summed E-state index contributed by atoms with van der Waals surface area (Å²) in [4.78, 5) is 65.8. The van der Waals surface area contributed by atoms with Crippen molar-refractivity contribution >= 4 is 57.9 Å². The smallest absolute Gasteiger partial charge is 0.308 e. The van der Waals surface area contributed by atoms with Crippen LogP contribution in [-0.4, -0.2) is 44.7 Å². The zero-order valence-corrected chi connectivity index (χ0v) is 24.0. The van der Waals surface area contributed by atoms with Crippen LogP contribution in [0.15, 0.2) is 82.6 Å². The molecule has 0 saturated carbocycles. The maximum Gasteiger partial charge on any atom is 0.308 e. The van der Waals surface area contributed by atoms with Crippen molar-refractivity contribution in [3.05, 3.63) is 103 Å². The number of phenolic OH excluding ortho intramolecular Hbond substituents is 1. The summed E-state index contributed by atoms with van der Waals surface area (Å²) in [5, 5.41) is 22.8. The highest BCUT2D eigenvalue weighted by Crippen LogP contribution is 2.54. The summed E-state index contributed by atoms with van der Waals surface area (Å²) in [5.74, 6) is -2.41. The summed E-state index contributed by atoms with van der Waals surface area (Å²) in [6, 6.07) is 18.1. The standard InChI is InChI=1S/C29H22N4O8S2/c1-41-20-12-2-15(3-13-20)22-23-24(27(37)32(26(23)36)17-6-8-18(9-7-17)33(39)40)42-28-25(22)43-29(38)31(28)14-21(35)30-16-4-10-19(34)11-5-16/h2-13,22-24,34H,14H2,1H3,(H,30,35)/t22-,23?,24?/m1/s1. The number of nitrogens with zero attached hydrogens (tertiary/aromatic N) is 3. The number of hydrogen-bond donors (Lipinski definition) is 2. The highest BCUT2D eigenvalue weighted by molar-refractivity contribution is 8.00. The predicted molar refractivity (Wildman–Crippen MR) is 159 cm³/mol. The summed E-state index contributed by atoms with van der Waals surface area (Å²) in [6.07, 6.45) is 0. The maximum atomic E-state index is 14.0. The fraction of sp³-hybridized carbons (Fsp3) is 0.172. The van der Waals surface area contributed by atoms with Crippen LogP contribution in [0.1, 0.15) is 16.4 Å². The van der Waals surface area contributed by atoms with Gasteiger partial charge in [-0.2, -0.15) is 0 Å². The number of aromatic hydroxyl groups is 1. The number of hydrogen-bond acceptors (Lipinski definition) is 10. The first-order valence-electron chi connectivity index (χ1n) is 12.9. The molecule has 3 aromatic carbocycles. The number of carbonyl (C=O) groups is 3. The van der Waals surface area contributed by atoms with Crippen LogP contribution in [0.2, 0.25) is 0 Å². The van der Waals surface area contributed by atoms with Gasteiger partial charge < -0.3 is 15.2 Å². The monoisotopic (exact) mass is 618 g/mol. The Hall–Kier alpha value is -4.95. The number of thiazole rings is 1. The number of rotatable bonds is 7. The van der Waals surface area contributed by atoms with Crippen LogP contribution in [0, 0.1) is 16.0 Å². The number of nitro groups is 1. The molecule has 6 rings (SSSR count). The van der Waals surface area contributed by atoms with Gasteiger partial charge in [-0.1, -0.05) is 35.2 Å². The Morgan fingerprint density at radius 2 is 1.67 bits per heavy atom. The van der Waals surface area contributed by atoms with Gasteiger partial charge in [0.25, 0.3) is 5.69 Å². The first-order valence-corrected chi connectivity index (χ1v) is 14.6. The van der Waals surface area contributed by atoms with Crippen LogP contribution >= 0.6 is 23.1 Å². The van der Waals surface area contributed by atoms with E-state index in [1.54, 1.807) is 24.3 Å². The van der Waals surface area contributed by atoms with E-state index in [2.05, 4.69) is 5.32 Å². The Morgan fingerprint density at radius 3 is 2.30 bits per heavy atom. The van der Waals surface area contributed by atoms with Crippen LogP contribution in [-0.2, 0) is 20.9 Å². The Bertz CT molecular complexity index is 1820. The predicted octanol–water partition coefficient (Wildman–Crippen LogP) is 3.97. The largest absolute Gasteiger partial charge is 0.508 e. The molecule has 0 bridgehead atoms. The molecule has 3 atom stereocenters. The first-order chi connectivity index (χ1) is 20.7. The Balaban J connectivity index is 1.39. The molecule has 14 heteroatoms. The summed E-state index contributed by atoms with van der Waals surface area (Å²) in [5.41, 5.74) is 1.14. The molecule has 1 fully saturated rings.